The second kappa shape index (κ2) is 8.56. The van der Waals surface area contributed by atoms with Crippen molar-refractivity contribution in [2.45, 2.75) is 71.6 Å². The van der Waals surface area contributed by atoms with E-state index in [1.165, 1.54) is 31.2 Å². The van der Waals surface area contributed by atoms with Crippen molar-refractivity contribution in [3.8, 4) is 5.75 Å². The Morgan fingerprint density at radius 3 is 2.55 bits per heavy atom. The van der Waals surface area contributed by atoms with E-state index in [9.17, 15) is 0 Å². The molecule has 1 aromatic carbocycles. The van der Waals surface area contributed by atoms with E-state index in [1.54, 1.807) is 0 Å². The maximum atomic E-state index is 6.13. The van der Waals surface area contributed by atoms with Crippen LogP contribution in [0.3, 0.4) is 0 Å². The maximum absolute atomic E-state index is 6.13. The fourth-order valence-corrected chi connectivity index (χ4v) is 2.30. The van der Waals surface area contributed by atoms with E-state index in [-0.39, 0.29) is 5.41 Å². The van der Waals surface area contributed by atoms with Crippen molar-refractivity contribution >= 4 is 11.6 Å². The van der Waals surface area contributed by atoms with Crippen molar-refractivity contribution in [2.24, 2.45) is 0 Å². The Morgan fingerprint density at radius 2 is 1.90 bits per heavy atom. The molecule has 0 N–H and O–H groups in total. The number of halogens is 1. The Morgan fingerprint density at radius 1 is 1.15 bits per heavy atom. The van der Waals surface area contributed by atoms with E-state index >= 15 is 0 Å². The van der Waals surface area contributed by atoms with Gasteiger partial charge in [-0.25, -0.2) is 0 Å². The van der Waals surface area contributed by atoms with Crippen LogP contribution in [0.2, 0.25) is 5.02 Å². The average Bonchev–Trinajstić information content (AvgIpc) is 2.44. The first-order valence-electron chi connectivity index (χ1n) is 7.79. The number of hydrogen-bond donors (Lipinski definition) is 0. The van der Waals surface area contributed by atoms with Crippen LogP contribution in [0.1, 0.15) is 71.8 Å². The predicted octanol–water partition coefficient (Wildman–Crippen LogP) is 6.54. The highest BCUT2D eigenvalue weighted by atomic mass is 35.5. The summed E-state index contributed by atoms with van der Waals surface area (Å²) in [6.07, 6.45) is 7.13. The molecule has 0 aliphatic heterocycles. The zero-order valence-corrected chi connectivity index (χ0v) is 14.1. The van der Waals surface area contributed by atoms with Crippen LogP contribution in [-0.4, -0.2) is 0 Å². The van der Waals surface area contributed by atoms with Crippen LogP contribution in [0.5, 0.6) is 5.75 Å². The van der Waals surface area contributed by atoms with Gasteiger partial charge in [0.25, 0.3) is 0 Å². The lowest BCUT2D eigenvalue weighted by Gasteiger charge is -2.26. The second-order valence-corrected chi connectivity index (χ2v) is 6.45. The van der Waals surface area contributed by atoms with Gasteiger partial charge in [-0.05, 0) is 42.9 Å². The van der Waals surface area contributed by atoms with E-state index in [4.69, 9.17) is 16.3 Å². The quantitative estimate of drug-likeness (QED) is 0.470. The minimum Gasteiger partial charge on any atom is -0.486 e. The lowest BCUT2D eigenvalue weighted by atomic mass is 9.82. The molecule has 0 saturated heterocycles. The molecule has 0 saturated carbocycles. The van der Waals surface area contributed by atoms with Crippen molar-refractivity contribution in [1.82, 2.24) is 0 Å². The molecule has 0 amide bonds. The maximum Gasteiger partial charge on any atom is 0.135 e. The van der Waals surface area contributed by atoms with Crippen molar-refractivity contribution < 1.29 is 4.74 Å². The van der Waals surface area contributed by atoms with Gasteiger partial charge in [-0.15, -0.1) is 0 Å². The summed E-state index contributed by atoms with van der Waals surface area (Å²) in [4.78, 5) is 0. The zero-order valence-electron chi connectivity index (χ0n) is 13.3. The summed E-state index contributed by atoms with van der Waals surface area (Å²) in [5.74, 6) is 0.941. The Hall–Kier alpha value is -0.690. The lowest BCUT2D eigenvalue weighted by molar-refractivity contribution is 0.366. The minimum atomic E-state index is 0.0796. The van der Waals surface area contributed by atoms with Gasteiger partial charge in [0.2, 0.25) is 0 Å². The number of benzene rings is 1. The van der Waals surface area contributed by atoms with Crippen molar-refractivity contribution in [3.63, 3.8) is 0 Å². The second-order valence-electron chi connectivity index (χ2n) is 6.01. The molecular formula is C18H28ClO. The fourth-order valence-electron chi connectivity index (χ4n) is 2.13. The molecule has 1 radical (unpaired) electrons. The first kappa shape index (κ1) is 17.4. The summed E-state index contributed by atoms with van der Waals surface area (Å²) in [5.41, 5.74) is 1.27. The summed E-state index contributed by atoms with van der Waals surface area (Å²) >= 11 is 6.13. The van der Waals surface area contributed by atoms with Gasteiger partial charge >= 0.3 is 0 Å². The van der Waals surface area contributed by atoms with E-state index < -0.39 is 0 Å². The highest BCUT2D eigenvalue weighted by molar-refractivity contribution is 6.30. The standard InChI is InChI=1S/C18H28ClO/c1-5-7-8-9-10-13-20-17-12-11-15(19)14-16(17)18(3,4)6-2/h11-14H,5-10H2,1-4H3. The minimum absolute atomic E-state index is 0.0796. The number of rotatable bonds is 9. The topological polar surface area (TPSA) is 9.23 Å². The van der Waals surface area contributed by atoms with Crippen molar-refractivity contribution in [3.05, 3.63) is 35.4 Å². The van der Waals surface area contributed by atoms with Crippen molar-refractivity contribution in [1.29, 1.82) is 0 Å². The molecule has 20 heavy (non-hydrogen) atoms. The van der Waals surface area contributed by atoms with Crippen LogP contribution in [0, 0.1) is 6.61 Å². The summed E-state index contributed by atoms with van der Waals surface area (Å²) in [7, 11) is 0. The van der Waals surface area contributed by atoms with Gasteiger partial charge in [-0.2, -0.15) is 0 Å². The molecule has 0 aliphatic carbocycles. The molecule has 0 spiro atoms. The smallest absolute Gasteiger partial charge is 0.135 e. The van der Waals surface area contributed by atoms with Crippen molar-refractivity contribution in [2.75, 3.05) is 0 Å². The zero-order chi connectivity index (χ0) is 15.0. The number of unbranched alkanes of at least 4 members (excludes halogenated alkanes) is 4. The molecule has 0 unspecified atom stereocenters. The SMILES string of the molecule is CCCCCC[CH]Oc1ccc(Cl)cc1C(C)(C)CC. The molecule has 0 bridgehead atoms. The van der Waals surface area contributed by atoms with Gasteiger partial charge in [0, 0.05) is 10.6 Å². The van der Waals surface area contributed by atoms with Crippen LogP contribution in [-0.2, 0) is 5.41 Å². The van der Waals surface area contributed by atoms with E-state index in [0.29, 0.717) is 0 Å². The van der Waals surface area contributed by atoms with E-state index in [0.717, 1.165) is 23.6 Å². The van der Waals surface area contributed by atoms with Crippen LogP contribution < -0.4 is 4.74 Å². The van der Waals surface area contributed by atoms with Gasteiger partial charge in [0.05, 0.1) is 0 Å². The molecular weight excluding hydrogens is 268 g/mol. The van der Waals surface area contributed by atoms with Crippen LogP contribution in [0.15, 0.2) is 18.2 Å². The third-order valence-electron chi connectivity index (χ3n) is 3.94. The van der Waals surface area contributed by atoms with Crippen LogP contribution in [0.25, 0.3) is 0 Å². The van der Waals surface area contributed by atoms with Gasteiger partial charge < -0.3 is 4.74 Å². The molecule has 2 heteroatoms. The van der Waals surface area contributed by atoms with Gasteiger partial charge in [-0.3, -0.25) is 0 Å². The molecule has 0 heterocycles. The summed E-state index contributed by atoms with van der Waals surface area (Å²) in [5, 5.41) is 0.775. The molecule has 1 nitrogen and oxygen atoms in total. The van der Waals surface area contributed by atoms with Gasteiger partial charge in [0.1, 0.15) is 12.4 Å². The molecule has 1 rings (SSSR count). The third kappa shape index (κ3) is 5.36. The Balaban J connectivity index is 2.61. The Bertz CT molecular complexity index is 398. The number of hydrogen-bond acceptors (Lipinski definition) is 1. The molecule has 1 aromatic rings. The monoisotopic (exact) mass is 295 g/mol. The summed E-state index contributed by atoms with van der Waals surface area (Å²) in [6, 6.07) is 5.92. The largest absolute Gasteiger partial charge is 0.486 e. The third-order valence-corrected chi connectivity index (χ3v) is 4.18. The lowest BCUT2D eigenvalue weighted by Crippen LogP contribution is -2.16. The van der Waals surface area contributed by atoms with Gasteiger partial charge in [-0.1, -0.05) is 58.6 Å². The number of ether oxygens (including phenoxy) is 1. The first-order chi connectivity index (χ1) is 9.51. The molecule has 0 atom stereocenters. The first-order valence-corrected chi connectivity index (χ1v) is 8.17. The molecule has 0 fully saturated rings. The summed E-state index contributed by atoms with van der Waals surface area (Å²) < 4.78 is 5.88. The van der Waals surface area contributed by atoms with Gasteiger partial charge in [0.15, 0.2) is 0 Å². The molecule has 113 valence electrons. The molecule has 0 aliphatic rings. The average molecular weight is 296 g/mol. The van der Waals surface area contributed by atoms with Crippen LogP contribution >= 0.6 is 11.6 Å². The Kier molecular flexibility index (Phi) is 7.43. The molecule has 0 aromatic heterocycles. The highest BCUT2D eigenvalue weighted by Gasteiger charge is 2.22. The predicted molar refractivity (Wildman–Crippen MR) is 88.5 cm³/mol. The Labute approximate surface area is 129 Å². The van der Waals surface area contributed by atoms with E-state index in [2.05, 4.69) is 27.7 Å². The normalized spacial score (nSPS) is 11.7. The highest BCUT2D eigenvalue weighted by Crippen LogP contribution is 2.36. The fraction of sp³-hybridized carbons (Fsp3) is 0.611. The van der Waals surface area contributed by atoms with Crippen LogP contribution in [0.4, 0.5) is 0 Å². The van der Waals surface area contributed by atoms with E-state index in [1.807, 2.05) is 24.8 Å². The summed E-state index contributed by atoms with van der Waals surface area (Å²) in [6.45, 7) is 10.8.